The minimum absolute atomic E-state index is 0.250. The number of hydrogen-bond acceptors (Lipinski definition) is 3. The van der Waals surface area contributed by atoms with Crippen LogP contribution in [0.25, 0.3) is 6.08 Å². The van der Waals surface area contributed by atoms with E-state index in [1.54, 1.807) is 0 Å². The second kappa shape index (κ2) is 7.07. The number of likely N-dealkylation sites (N-methyl/N-ethyl adjacent to an activating group) is 1. The van der Waals surface area contributed by atoms with E-state index in [1.807, 2.05) is 35.3 Å². The average molecular weight is 299 g/mol. The van der Waals surface area contributed by atoms with E-state index in [1.165, 1.54) is 0 Å². The first-order valence-corrected chi connectivity index (χ1v) is 8.14. The molecule has 118 valence electrons. The average Bonchev–Trinajstić information content (AvgIpc) is 2.55. The first-order chi connectivity index (χ1) is 10.7. The highest BCUT2D eigenvalue weighted by Gasteiger charge is 2.32. The van der Waals surface area contributed by atoms with Crippen LogP contribution in [0.4, 0.5) is 0 Å². The van der Waals surface area contributed by atoms with Crippen LogP contribution in [0, 0.1) is 0 Å². The molecule has 1 amide bonds. The van der Waals surface area contributed by atoms with Crippen LogP contribution in [-0.4, -0.2) is 73.0 Å². The van der Waals surface area contributed by atoms with Crippen LogP contribution in [0.3, 0.4) is 0 Å². The van der Waals surface area contributed by atoms with Gasteiger partial charge < -0.3 is 9.80 Å². The summed E-state index contributed by atoms with van der Waals surface area (Å²) in [5.41, 5.74) is 1.15. The van der Waals surface area contributed by atoms with Crippen molar-refractivity contribution in [3.63, 3.8) is 0 Å². The summed E-state index contributed by atoms with van der Waals surface area (Å²) < 4.78 is 0. The van der Waals surface area contributed by atoms with Crippen molar-refractivity contribution in [2.75, 3.05) is 46.3 Å². The molecule has 1 aromatic carbocycles. The van der Waals surface area contributed by atoms with E-state index in [9.17, 15) is 4.79 Å². The molecule has 3 rings (SSSR count). The quantitative estimate of drug-likeness (QED) is 0.847. The fourth-order valence-corrected chi connectivity index (χ4v) is 3.33. The van der Waals surface area contributed by atoms with Gasteiger partial charge in [0.1, 0.15) is 0 Å². The number of rotatable bonds is 3. The van der Waals surface area contributed by atoms with Gasteiger partial charge in [0.15, 0.2) is 0 Å². The molecule has 0 radical (unpaired) electrons. The van der Waals surface area contributed by atoms with Crippen molar-refractivity contribution in [3.05, 3.63) is 42.0 Å². The second-order valence-corrected chi connectivity index (χ2v) is 6.31. The van der Waals surface area contributed by atoms with Gasteiger partial charge in [0.25, 0.3) is 0 Å². The van der Waals surface area contributed by atoms with Gasteiger partial charge in [-0.3, -0.25) is 9.69 Å². The fraction of sp³-hybridized carbons (Fsp3) is 0.500. The maximum absolute atomic E-state index is 12.4. The number of fused-ring (bicyclic) bond motifs is 1. The minimum Gasteiger partial charge on any atom is -0.340 e. The highest BCUT2D eigenvalue weighted by molar-refractivity contribution is 5.78. The Hall–Kier alpha value is -1.65. The summed E-state index contributed by atoms with van der Waals surface area (Å²) in [6, 6.07) is 10.6. The van der Waals surface area contributed by atoms with E-state index in [-0.39, 0.29) is 5.91 Å². The van der Waals surface area contributed by atoms with Gasteiger partial charge in [-0.2, -0.15) is 0 Å². The Morgan fingerprint density at radius 3 is 2.73 bits per heavy atom. The molecule has 2 aliphatic rings. The maximum Gasteiger partial charge on any atom is 0.226 e. The number of carbonyl (C=O) groups excluding carboxylic acids is 1. The molecule has 0 aromatic heterocycles. The third-order valence-electron chi connectivity index (χ3n) is 4.65. The molecule has 4 heteroatoms. The van der Waals surface area contributed by atoms with Gasteiger partial charge in [-0.25, -0.2) is 0 Å². The fourth-order valence-electron chi connectivity index (χ4n) is 3.33. The lowest BCUT2D eigenvalue weighted by atomic mass is 10.1. The van der Waals surface area contributed by atoms with Crippen molar-refractivity contribution in [3.8, 4) is 0 Å². The van der Waals surface area contributed by atoms with Crippen molar-refractivity contribution >= 4 is 12.0 Å². The lowest BCUT2D eigenvalue weighted by Crippen LogP contribution is -2.62. The predicted octanol–water partition coefficient (Wildman–Crippen LogP) is 1.55. The van der Waals surface area contributed by atoms with Crippen molar-refractivity contribution in [2.45, 2.75) is 12.5 Å². The van der Waals surface area contributed by atoms with Gasteiger partial charge >= 0.3 is 0 Å². The number of carbonyl (C=O) groups is 1. The van der Waals surface area contributed by atoms with Crippen molar-refractivity contribution in [1.29, 1.82) is 0 Å². The number of nitrogens with zero attached hydrogens (tertiary/aromatic N) is 3. The molecule has 1 atom stereocenters. The van der Waals surface area contributed by atoms with E-state index in [0.717, 1.165) is 44.8 Å². The molecule has 0 saturated carbocycles. The minimum atomic E-state index is 0.250. The number of hydrogen-bond donors (Lipinski definition) is 0. The van der Waals surface area contributed by atoms with Gasteiger partial charge in [0, 0.05) is 51.7 Å². The van der Waals surface area contributed by atoms with Crippen LogP contribution in [0.15, 0.2) is 36.4 Å². The highest BCUT2D eigenvalue weighted by Crippen LogP contribution is 2.15. The summed E-state index contributed by atoms with van der Waals surface area (Å²) in [5.74, 6) is 0.250. The SMILES string of the molecule is CN1CCN2CCN(C(=O)C/C=C/c3ccccc3)C[C@H]2C1. The third kappa shape index (κ3) is 3.76. The van der Waals surface area contributed by atoms with Crippen LogP contribution in [0.2, 0.25) is 0 Å². The van der Waals surface area contributed by atoms with Crippen LogP contribution >= 0.6 is 0 Å². The van der Waals surface area contributed by atoms with E-state index >= 15 is 0 Å². The number of amides is 1. The molecule has 2 saturated heterocycles. The largest absolute Gasteiger partial charge is 0.340 e. The summed E-state index contributed by atoms with van der Waals surface area (Å²) in [5, 5.41) is 0. The second-order valence-electron chi connectivity index (χ2n) is 6.31. The summed E-state index contributed by atoms with van der Waals surface area (Å²) in [7, 11) is 2.17. The molecular weight excluding hydrogens is 274 g/mol. The van der Waals surface area contributed by atoms with Crippen molar-refractivity contribution in [1.82, 2.24) is 14.7 Å². The van der Waals surface area contributed by atoms with E-state index in [4.69, 9.17) is 0 Å². The Kier molecular flexibility index (Phi) is 4.90. The first-order valence-electron chi connectivity index (χ1n) is 8.14. The summed E-state index contributed by atoms with van der Waals surface area (Å²) in [6.45, 7) is 6.12. The van der Waals surface area contributed by atoms with E-state index < -0.39 is 0 Å². The molecule has 22 heavy (non-hydrogen) atoms. The van der Waals surface area contributed by atoms with Crippen LogP contribution in [0.1, 0.15) is 12.0 Å². The van der Waals surface area contributed by atoms with E-state index in [2.05, 4.69) is 29.0 Å². The molecule has 1 aromatic rings. The maximum atomic E-state index is 12.4. The predicted molar refractivity (Wildman–Crippen MR) is 89.5 cm³/mol. The highest BCUT2D eigenvalue weighted by atomic mass is 16.2. The molecule has 4 nitrogen and oxygen atoms in total. The molecule has 2 heterocycles. The smallest absolute Gasteiger partial charge is 0.226 e. The number of benzene rings is 1. The lowest BCUT2D eigenvalue weighted by Gasteiger charge is -2.46. The Morgan fingerprint density at radius 1 is 1.14 bits per heavy atom. The molecular formula is C18H25N3O. The van der Waals surface area contributed by atoms with Gasteiger partial charge in [-0.1, -0.05) is 42.5 Å². The molecule has 0 spiro atoms. The van der Waals surface area contributed by atoms with Crippen LogP contribution < -0.4 is 0 Å². The zero-order chi connectivity index (χ0) is 15.4. The molecule has 0 bridgehead atoms. The molecule has 0 unspecified atom stereocenters. The number of piperazine rings is 2. The lowest BCUT2D eigenvalue weighted by molar-refractivity contribution is -0.134. The zero-order valence-electron chi connectivity index (χ0n) is 13.3. The van der Waals surface area contributed by atoms with Gasteiger partial charge in [-0.05, 0) is 12.6 Å². The van der Waals surface area contributed by atoms with Crippen LogP contribution in [0.5, 0.6) is 0 Å². The topological polar surface area (TPSA) is 26.8 Å². The first kappa shape index (κ1) is 15.3. The van der Waals surface area contributed by atoms with Crippen molar-refractivity contribution < 1.29 is 4.79 Å². The Labute approximate surface area is 133 Å². The summed E-state index contributed by atoms with van der Waals surface area (Å²) in [4.78, 5) is 19.3. The van der Waals surface area contributed by atoms with Gasteiger partial charge in [0.2, 0.25) is 5.91 Å². The summed E-state index contributed by atoms with van der Waals surface area (Å²) in [6.07, 6.45) is 4.51. The molecule has 2 aliphatic heterocycles. The Morgan fingerprint density at radius 2 is 1.91 bits per heavy atom. The van der Waals surface area contributed by atoms with Gasteiger partial charge in [0.05, 0.1) is 0 Å². The summed E-state index contributed by atoms with van der Waals surface area (Å²) >= 11 is 0. The normalized spacial score (nSPS) is 23.7. The van der Waals surface area contributed by atoms with E-state index in [0.29, 0.717) is 12.5 Å². The third-order valence-corrected chi connectivity index (χ3v) is 4.65. The van der Waals surface area contributed by atoms with Crippen LogP contribution in [-0.2, 0) is 4.79 Å². The standard InChI is InChI=1S/C18H25N3O/c1-19-10-11-20-12-13-21(15-17(20)14-19)18(22)9-5-8-16-6-3-2-4-7-16/h2-8,17H,9-15H2,1H3/b8-5+/t17-/m1/s1. The molecule has 2 fully saturated rings. The Bertz CT molecular complexity index is 528. The molecule has 0 N–H and O–H groups in total. The van der Waals surface area contributed by atoms with Gasteiger partial charge in [-0.15, -0.1) is 0 Å². The molecule has 0 aliphatic carbocycles. The Balaban J connectivity index is 1.51. The monoisotopic (exact) mass is 299 g/mol. The van der Waals surface area contributed by atoms with Crippen molar-refractivity contribution in [2.24, 2.45) is 0 Å². The zero-order valence-corrected chi connectivity index (χ0v) is 13.3.